The van der Waals surface area contributed by atoms with E-state index in [1.54, 1.807) is 18.8 Å². The number of methoxy groups -OCH3 is 2. The highest BCUT2D eigenvalue weighted by Crippen LogP contribution is 2.41. The first kappa shape index (κ1) is 22.1. The zero-order valence-corrected chi connectivity index (χ0v) is 19.5. The molecule has 0 saturated carbocycles. The number of amides is 1. The molecule has 7 heteroatoms. The molecule has 2 aromatic carbocycles. The number of benzene rings is 2. The molecule has 2 heterocycles. The van der Waals surface area contributed by atoms with Crippen LogP contribution in [0.5, 0.6) is 11.5 Å². The number of nitrogens with zero attached hydrogens (tertiary/aromatic N) is 2. The second kappa shape index (κ2) is 9.61. The molecule has 1 aromatic heterocycles. The highest BCUT2D eigenvalue weighted by molar-refractivity contribution is 7.07. The van der Waals surface area contributed by atoms with Gasteiger partial charge in [-0.15, -0.1) is 0 Å². The van der Waals surface area contributed by atoms with Crippen LogP contribution in [0.1, 0.15) is 41.3 Å². The van der Waals surface area contributed by atoms with E-state index in [0.29, 0.717) is 37.4 Å². The fourth-order valence-electron chi connectivity index (χ4n) is 4.42. The molecular weight excluding hydrogens is 424 g/mol. The first-order valence-corrected chi connectivity index (χ1v) is 11.7. The van der Waals surface area contributed by atoms with E-state index in [-0.39, 0.29) is 16.8 Å². The van der Waals surface area contributed by atoms with E-state index in [1.165, 1.54) is 16.9 Å². The van der Waals surface area contributed by atoms with Crippen LogP contribution in [0.4, 0.5) is 0 Å². The molecule has 0 saturated heterocycles. The summed E-state index contributed by atoms with van der Waals surface area (Å²) in [5.74, 6) is 1.46. The van der Waals surface area contributed by atoms with Crippen molar-refractivity contribution in [3.05, 3.63) is 79.9 Å². The number of aryl methyl sites for hydroxylation is 1. The summed E-state index contributed by atoms with van der Waals surface area (Å²) in [4.78, 5) is 27.3. The van der Waals surface area contributed by atoms with Gasteiger partial charge in [-0.1, -0.05) is 41.7 Å². The van der Waals surface area contributed by atoms with Crippen molar-refractivity contribution in [2.75, 3.05) is 20.8 Å². The second-order valence-electron chi connectivity index (χ2n) is 7.95. The number of carbonyl (C=O) groups excluding carboxylic acids is 1. The average Bonchev–Trinajstić information content (AvgIpc) is 3.14. The maximum Gasteiger partial charge on any atom is 0.307 e. The molecule has 6 nitrogen and oxygen atoms in total. The number of fused-ring (bicyclic) bond motifs is 1. The fourth-order valence-corrected chi connectivity index (χ4v) is 5.18. The molecule has 0 spiro atoms. The fraction of sp³-hybridized carbons (Fsp3) is 0.360. The Hall–Kier alpha value is -3.06. The first-order valence-electron chi connectivity index (χ1n) is 10.8. The van der Waals surface area contributed by atoms with Crippen LogP contribution in [-0.2, 0) is 17.8 Å². The minimum absolute atomic E-state index is 0.0325. The molecule has 0 unspecified atom stereocenters. The molecule has 32 heavy (non-hydrogen) atoms. The Balaban J connectivity index is 1.61. The lowest BCUT2D eigenvalue weighted by atomic mass is 9.87. The molecule has 1 amide bonds. The molecule has 0 radical (unpaired) electrons. The lowest BCUT2D eigenvalue weighted by Crippen LogP contribution is -2.40. The van der Waals surface area contributed by atoms with Crippen LogP contribution >= 0.6 is 11.3 Å². The molecule has 0 N–H and O–H groups in total. The molecule has 4 rings (SSSR count). The van der Waals surface area contributed by atoms with E-state index < -0.39 is 0 Å². The molecule has 0 fully saturated rings. The van der Waals surface area contributed by atoms with Crippen LogP contribution in [0.2, 0.25) is 0 Å². The predicted molar refractivity (Wildman–Crippen MR) is 126 cm³/mol. The molecular formula is C25H28N2O4S. The SMILES string of the molecule is COc1cc2c(cc1OC)[C@@H](c1ccccc1)N(C(=O)CCCn1c(C)csc1=O)CC2. The lowest BCUT2D eigenvalue weighted by Gasteiger charge is -2.38. The Kier molecular flexibility index (Phi) is 6.65. The monoisotopic (exact) mass is 452 g/mol. The molecule has 1 aliphatic rings. The van der Waals surface area contributed by atoms with E-state index >= 15 is 0 Å². The number of hydrogen-bond acceptors (Lipinski definition) is 5. The van der Waals surface area contributed by atoms with Gasteiger partial charge in [0.1, 0.15) is 0 Å². The van der Waals surface area contributed by atoms with Gasteiger partial charge in [-0.3, -0.25) is 9.59 Å². The van der Waals surface area contributed by atoms with Crippen molar-refractivity contribution < 1.29 is 14.3 Å². The standard InChI is InChI=1S/C25H28N2O4S/c1-17-16-32-25(29)26(17)12-7-10-23(28)27-13-11-19-14-21(30-2)22(31-3)15-20(19)24(27)18-8-5-4-6-9-18/h4-6,8-9,14-16,24H,7,10-13H2,1-3H3/t24-/m1/s1. The van der Waals surface area contributed by atoms with Crippen LogP contribution in [0.25, 0.3) is 0 Å². The quantitative estimate of drug-likeness (QED) is 0.539. The zero-order valence-electron chi connectivity index (χ0n) is 18.7. The minimum Gasteiger partial charge on any atom is -0.493 e. The zero-order chi connectivity index (χ0) is 22.7. The van der Waals surface area contributed by atoms with Gasteiger partial charge < -0.3 is 18.9 Å². The number of aromatic nitrogens is 1. The van der Waals surface area contributed by atoms with Gasteiger partial charge in [0.15, 0.2) is 11.5 Å². The summed E-state index contributed by atoms with van der Waals surface area (Å²) in [5.41, 5.74) is 4.25. The Morgan fingerprint density at radius 3 is 2.50 bits per heavy atom. The van der Waals surface area contributed by atoms with Crippen molar-refractivity contribution in [3.8, 4) is 11.5 Å². The number of hydrogen-bond donors (Lipinski definition) is 0. The normalized spacial score (nSPS) is 15.3. The largest absolute Gasteiger partial charge is 0.493 e. The number of rotatable bonds is 7. The molecule has 168 valence electrons. The van der Waals surface area contributed by atoms with Crippen molar-refractivity contribution in [3.63, 3.8) is 0 Å². The van der Waals surface area contributed by atoms with E-state index in [0.717, 1.165) is 23.2 Å². The van der Waals surface area contributed by atoms with Gasteiger partial charge in [0, 0.05) is 30.6 Å². The summed E-state index contributed by atoms with van der Waals surface area (Å²) in [6.07, 6.45) is 1.79. The third kappa shape index (κ3) is 4.30. The number of carbonyl (C=O) groups is 1. The summed E-state index contributed by atoms with van der Waals surface area (Å²) in [6.45, 7) is 3.12. The smallest absolute Gasteiger partial charge is 0.307 e. The summed E-state index contributed by atoms with van der Waals surface area (Å²) in [7, 11) is 3.26. The Labute approximate surface area is 192 Å². The first-order chi connectivity index (χ1) is 15.5. The Morgan fingerprint density at radius 1 is 1.12 bits per heavy atom. The number of ether oxygens (including phenoxy) is 2. The summed E-state index contributed by atoms with van der Waals surface area (Å²) >= 11 is 1.20. The van der Waals surface area contributed by atoms with Gasteiger partial charge >= 0.3 is 4.87 Å². The molecule has 1 aliphatic heterocycles. The molecule has 0 bridgehead atoms. The second-order valence-corrected chi connectivity index (χ2v) is 8.78. The van der Waals surface area contributed by atoms with Crippen LogP contribution in [0.3, 0.4) is 0 Å². The summed E-state index contributed by atoms with van der Waals surface area (Å²) < 4.78 is 12.8. The van der Waals surface area contributed by atoms with Gasteiger partial charge in [0.2, 0.25) is 5.91 Å². The van der Waals surface area contributed by atoms with Crippen LogP contribution < -0.4 is 14.3 Å². The van der Waals surface area contributed by atoms with E-state index in [9.17, 15) is 9.59 Å². The molecule has 0 aliphatic carbocycles. The van der Waals surface area contributed by atoms with E-state index in [2.05, 4.69) is 12.1 Å². The summed E-state index contributed by atoms with van der Waals surface area (Å²) in [5, 5.41) is 1.86. The molecule has 3 aromatic rings. The van der Waals surface area contributed by atoms with Crippen LogP contribution in [-0.4, -0.2) is 36.1 Å². The minimum atomic E-state index is -0.183. The molecule has 1 atom stereocenters. The maximum absolute atomic E-state index is 13.4. The highest BCUT2D eigenvalue weighted by Gasteiger charge is 2.33. The number of thiazole rings is 1. The van der Waals surface area contributed by atoms with Gasteiger partial charge in [-0.25, -0.2) is 0 Å². The van der Waals surface area contributed by atoms with Gasteiger partial charge in [0.05, 0.1) is 20.3 Å². The third-order valence-electron chi connectivity index (χ3n) is 6.06. The van der Waals surface area contributed by atoms with Crippen molar-refractivity contribution in [2.24, 2.45) is 0 Å². The van der Waals surface area contributed by atoms with Crippen molar-refractivity contribution in [1.29, 1.82) is 0 Å². The van der Waals surface area contributed by atoms with Crippen LogP contribution in [0, 0.1) is 6.92 Å². The van der Waals surface area contributed by atoms with Crippen molar-refractivity contribution in [1.82, 2.24) is 9.47 Å². The van der Waals surface area contributed by atoms with Gasteiger partial charge in [-0.2, -0.15) is 0 Å². The Bertz CT molecular complexity index is 1150. The average molecular weight is 453 g/mol. The predicted octanol–water partition coefficient (Wildman–Crippen LogP) is 4.19. The summed E-state index contributed by atoms with van der Waals surface area (Å²) in [6, 6.07) is 13.9. The van der Waals surface area contributed by atoms with E-state index in [4.69, 9.17) is 9.47 Å². The van der Waals surface area contributed by atoms with Gasteiger partial charge in [0.25, 0.3) is 0 Å². The van der Waals surface area contributed by atoms with Gasteiger partial charge in [-0.05, 0) is 48.6 Å². The van der Waals surface area contributed by atoms with Crippen molar-refractivity contribution >= 4 is 17.2 Å². The highest BCUT2D eigenvalue weighted by atomic mass is 32.1. The van der Waals surface area contributed by atoms with Crippen molar-refractivity contribution in [2.45, 2.75) is 38.8 Å². The third-order valence-corrected chi connectivity index (χ3v) is 6.94. The Morgan fingerprint density at radius 2 is 1.84 bits per heavy atom. The van der Waals surface area contributed by atoms with Crippen LogP contribution in [0.15, 0.2) is 52.6 Å². The topological polar surface area (TPSA) is 60.8 Å². The maximum atomic E-state index is 13.4. The van der Waals surface area contributed by atoms with E-state index in [1.807, 2.05) is 47.5 Å². The lowest BCUT2D eigenvalue weighted by molar-refractivity contribution is -0.133.